The maximum atomic E-state index is 6.81. The molecule has 0 aliphatic rings. The van der Waals surface area contributed by atoms with Crippen molar-refractivity contribution in [3.8, 4) is 56.4 Å². The van der Waals surface area contributed by atoms with Crippen molar-refractivity contribution in [1.82, 2.24) is 15.0 Å². The van der Waals surface area contributed by atoms with Crippen molar-refractivity contribution in [2.24, 2.45) is 0 Å². The first-order chi connectivity index (χ1) is 26.8. The molecule has 0 aliphatic carbocycles. The van der Waals surface area contributed by atoms with Crippen LogP contribution in [0.3, 0.4) is 0 Å². The average Bonchev–Trinajstić information content (AvgIpc) is 3.83. The average molecular weight is 708 g/mol. The van der Waals surface area contributed by atoms with Crippen molar-refractivity contribution in [3.63, 3.8) is 0 Å². The molecule has 252 valence electrons. The topological polar surface area (TPSA) is 51.8 Å². The molecule has 5 heteroatoms. The largest absolute Gasteiger partial charge is 0.455 e. The van der Waals surface area contributed by atoms with Gasteiger partial charge in [0.05, 0.1) is 0 Å². The van der Waals surface area contributed by atoms with E-state index in [0.29, 0.717) is 17.5 Å². The van der Waals surface area contributed by atoms with Crippen LogP contribution in [-0.4, -0.2) is 15.0 Å². The first kappa shape index (κ1) is 30.7. The molecule has 0 spiro atoms. The van der Waals surface area contributed by atoms with Crippen LogP contribution in [-0.2, 0) is 0 Å². The quantitative estimate of drug-likeness (QED) is 0.179. The molecule has 0 unspecified atom stereocenters. The van der Waals surface area contributed by atoms with Crippen molar-refractivity contribution in [2.45, 2.75) is 0 Å². The van der Waals surface area contributed by atoms with E-state index in [2.05, 4.69) is 146 Å². The third-order valence-electron chi connectivity index (χ3n) is 10.4. The fourth-order valence-electron chi connectivity index (χ4n) is 7.77. The Kier molecular flexibility index (Phi) is 7.00. The fourth-order valence-corrected chi connectivity index (χ4v) is 8.98. The van der Waals surface area contributed by atoms with E-state index < -0.39 is 0 Å². The summed E-state index contributed by atoms with van der Waals surface area (Å²) in [6, 6.07) is 61.4. The molecule has 0 saturated heterocycles. The molecule has 3 heterocycles. The number of fused-ring (bicyclic) bond motifs is 8. The highest BCUT2D eigenvalue weighted by atomic mass is 32.1. The van der Waals surface area contributed by atoms with E-state index in [1.54, 1.807) is 11.3 Å². The zero-order valence-electron chi connectivity index (χ0n) is 28.9. The van der Waals surface area contributed by atoms with E-state index in [1.165, 1.54) is 36.7 Å². The van der Waals surface area contributed by atoms with Crippen LogP contribution in [0.4, 0.5) is 0 Å². The lowest BCUT2D eigenvalue weighted by atomic mass is 9.95. The van der Waals surface area contributed by atoms with Crippen LogP contribution in [0, 0.1) is 0 Å². The number of nitrogens with zero attached hydrogens (tertiary/aromatic N) is 3. The highest BCUT2D eigenvalue weighted by Crippen LogP contribution is 2.43. The molecule has 11 rings (SSSR count). The van der Waals surface area contributed by atoms with E-state index in [4.69, 9.17) is 19.4 Å². The summed E-state index contributed by atoms with van der Waals surface area (Å²) in [5.41, 5.74) is 9.14. The molecule has 8 aromatic carbocycles. The lowest BCUT2D eigenvalue weighted by Gasteiger charge is -2.10. The summed E-state index contributed by atoms with van der Waals surface area (Å²) in [5, 5.41) is 6.95. The van der Waals surface area contributed by atoms with Crippen molar-refractivity contribution in [2.75, 3.05) is 0 Å². The fraction of sp³-hybridized carbons (Fsp3) is 0. The zero-order valence-corrected chi connectivity index (χ0v) is 29.7. The molecule has 0 radical (unpaired) electrons. The number of hydrogen-bond donors (Lipinski definition) is 0. The van der Waals surface area contributed by atoms with Crippen LogP contribution in [0.25, 0.3) is 109 Å². The van der Waals surface area contributed by atoms with Gasteiger partial charge < -0.3 is 4.42 Å². The summed E-state index contributed by atoms with van der Waals surface area (Å²) in [4.78, 5) is 15.2. The molecule has 0 fully saturated rings. The van der Waals surface area contributed by atoms with Gasteiger partial charge in [-0.2, -0.15) is 0 Å². The number of para-hydroxylation sites is 1. The summed E-state index contributed by atoms with van der Waals surface area (Å²) in [5.74, 6) is 1.94. The highest BCUT2D eigenvalue weighted by molar-refractivity contribution is 7.26. The molecule has 0 amide bonds. The van der Waals surface area contributed by atoms with E-state index in [9.17, 15) is 0 Å². The van der Waals surface area contributed by atoms with Crippen molar-refractivity contribution in [1.29, 1.82) is 0 Å². The molecule has 0 aliphatic heterocycles. The van der Waals surface area contributed by atoms with Crippen molar-refractivity contribution < 1.29 is 4.42 Å². The monoisotopic (exact) mass is 707 g/mol. The summed E-state index contributed by atoms with van der Waals surface area (Å²) in [6.07, 6.45) is 0. The number of rotatable bonds is 5. The highest BCUT2D eigenvalue weighted by Gasteiger charge is 2.19. The molecule has 0 N–H and O–H groups in total. The second-order valence-electron chi connectivity index (χ2n) is 13.5. The molecular weight excluding hydrogens is 679 g/mol. The van der Waals surface area contributed by atoms with Crippen LogP contribution in [0.1, 0.15) is 0 Å². The van der Waals surface area contributed by atoms with Crippen LogP contribution >= 0.6 is 11.3 Å². The van der Waals surface area contributed by atoms with Gasteiger partial charge in [0.2, 0.25) is 0 Å². The van der Waals surface area contributed by atoms with Gasteiger partial charge in [-0.25, -0.2) is 15.0 Å². The minimum atomic E-state index is 0.630. The second kappa shape index (κ2) is 12.3. The first-order valence-corrected chi connectivity index (χ1v) is 18.8. The lowest BCUT2D eigenvalue weighted by Crippen LogP contribution is -2.00. The van der Waals surface area contributed by atoms with Gasteiger partial charge in [-0.1, -0.05) is 158 Å². The summed E-state index contributed by atoms with van der Waals surface area (Å²) in [7, 11) is 0. The van der Waals surface area contributed by atoms with Gasteiger partial charge >= 0.3 is 0 Å². The van der Waals surface area contributed by atoms with Gasteiger partial charge in [0.1, 0.15) is 11.2 Å². The Hall–Kier alpha value is -6.95. The maximum absolute atomic E-state index is 6.81. The van der Waals surface area contributed by atoms with Crippen LogP contribution in [0.2, 0.25) is 0 Å². The standard InChI is InChI=1S/C49H29N3OS/c1-3-13-30(14-4-1)41-29-42-38-21-11-20-34(44(38)53-45(42)37-19-8-7-17-35(37)41)31-25-27-33(28-26-31)48-50-47(32-15-5-2-6-16-32)51-49(52-48)40-23-12-22-39-36-18-9-10-24-43(36)54-46(39)40/h1-29H. The Morgan fingerprint density at radius 2 is 0.852 bits per heavy atom. The normalized spacial score (nSPS) is 11.7. The van der Waals surface area contributed by atoms with Gasteiger partial charge in [0.25, 0.3) is 0 Å². The van der Waals surface area contributed by atoms with Crippen LogP contribution in [0.5, 0.6) is 0 Å². The molecule has 0 atom stereocenters. The number of furan rings is 1. The molecule has 0 bridgehead atoms. The Morgan fingerprint density at radius 1 is 0.333 bits per heavy atom. The van der Waals surface area contributed by atoms with E-state index in [-0.39, 0.29) is 0 Å². The third kappa shape index (κ3) is 4.94. The third-order valence-corrected chi connectivity index (χ3v) is 11.6. The Balaban J connectivity index is 1.05. The molecule has 4 nitrogen and oxygen atoms in total. The number of benzene rings is 8. The van der Waals surface area contributed by atoms with Gasteiger partial charge in [0, 0.05) is 58.6 Å². The minimum Gasteiger partial charge on any atom is -0.455 e. The lowest BCUT2D eigenvalue weighted by molar-refractivity contribution is 0.674. The van der Waals surface area contributed by atoms with Crippen LogP contribution < -0.4 is 0 Å². The van der Waals surface area contributed by atoms with E-state index >= 15 is 0 Å². The molecule has 0 saturated carbocycles. The Labute approximate surface area is 314 Å². The van der Waals surface area contributed by atoms with Gasteiger partial charge in [-0.3, -0.25) is 0 Å². The van der Waals surface area contributed by atoms with E-state index in [1.807, 2.05) is 30.3 Å². The zero-order chi connectivity index (χ0) is 35.6. The first-order valence-electron chi connectivity index (χ1n) is 18.0. The van der Waals surface area contributed by atoms with Gasteiger partial charge in [-0.15, -0.1) is 11.3 Å². The number of aromatic nitrogens is 3. The Morgan fingerprint density at radius 3 is 1.61 bits per heavy atom. The Bertz CT molecular complexity index is 3200. The summed E-state index contributed by atoms with van der Waals surface area (Å²) >= 11 is 1.78. The minimum absolute atomic E-state index is 0.630. The molecule has 3 aromatic heterocycles. The molecule has 54 heavy (non-hydrogen) atoms. The summed E-state index contributed by atoms with van der Waals surface area (Å²) < 4.78 is 9.23. The number of thiophene rings is 1. The van der Waals surface area contributed by atoms with Gasteiger partial charge in [-0.05, 0) is 40.3 Å². The van der Waals surface area contributed by atoms with Gasteiger partial charge in [0.15, 0.2) is 17.5 Å². The SMILES string of the molecule is c1ccc(-c2nc(-c3ccc(-c4cccc5c4oc4c6ccccc6c(-c6ccccc6)cc54)cc3)nc(-c3cccc4c3sc3ccccc34)n2)cc1. The second-order valence-corrected chi connectivity index (χ2v) is 14.6. The van der Waals surface area contributed by atoms with E-state index in [0.717, 1.165) is 55.1 Å². The number of hydrogen-bond acceptors (Lipinski definition) is 5. The predicted octanol–water partition coefficient (Wildman–Crippen LogP) is 13.6. The maximum Gasteiger partial charge on any atom is 0.165 e. The van der Waals surface area contributed by atoms with Crippen LogP contribution in [0.15, 0.2) is 180 Å². The molecular formula is C49H29N3OS. The van der Waals surface area contributed by atoms with Crippen molar-refractivity contribution >= 4 is 64.2 Å². The molecule has 11 aromatic rings. The predicted molar refractivity (Wildman–Crippen MR) is 225 cm³/mol. The summed E-state index contributed by atoms with van der Waals surface area (Å²) in [6.45, 7) is 0. The smallest absolute Gasteiger partial charge is 0.165 e. The van der Waals surface area contributed by atoms with Crippen molar-refractivity contribution in [3.05, 3.63) is 176 Å².